The van der Waals surface area contributed by atoms with Crippen LogP contribution in [0.3, 0.4) is 0 Å². The average Bonchev–Trinajstić information content (AvgIpc) is 3.39. The molecule has 6 heteroatoms. The van der Waals surface area contributed by atoms with Gasteiger partial charge in [0.1, 0.15) is 23.0 Å². The van der Waals surface area contributed by atoms with Gasteiger partial charge in [0.05, 0.1) is 53.8 Å². The third kappa shape index (κ3) is 4.30. The van der Waals surface area contributed by atoms with Crippen molar-refractivity contribution in [2.24, 2.45) is 0 Å². The maximum Gasteiger partial charge on any atom is 0.168 e. The highest BCUT2D eigenvalue weighted by molar-refractivity contribution is 5.78. The zero-order valence-electron chi connectivity index (χ0n) is 21.6. The minimum atomic E-state index is 0.172. The molecule has 2 aromatic carbocycles. The number of unbranched alkanes of at least 4 members (excludes halogenated alkanes) is 2. The van der Waals surface area contributed by atoms with Crippen molar-refractivity contribution in [3.8, 4) is 11.5 Å². The second-order valence-corrected chi connectivity index (χ2v) is 8.80. The third-order valence-corrected chi connectivity index (χ3v) is 7.18. The van der Waals surface area contributed by atoms with Crippen molar-refractivity contribution in [1.82, 2.24) is 0 Å². The molecule has 0 aromatic heterocycles. The van der Waals surface area contributed by atoms with E-state index in [0.29, 0.717) is 0 Å². The first-order valence-electron chi connectivity index (χ1n) is 12.1. The summed E-state index contributed by atoms with van der Waals surface area (Å²) in [7, 11) is 10.2. The van der Waals surface area contributed by atoms with Crippen LogP contribution in [0.15, 0.2) is 47.9 Å². The summed E-state index contributed by atoms with van der Waals surface area (Å²) in [6.45, 7) is 0. The van der Waals surface area contributed by atoms with Crippen LogP contribution in [0.25, 0.3) is 11.5 Å². The van der Waals surface area contributed by atoms with E-state index >= 15 is 0 Å². The maximum atomic E-state index is 5.81. The van der Waals surface area contributed by atoms with Gasteiger partial charge >= 0.3 is 0 Å². The first-order valence-corrected chi connectivity index (χ1v) is 12.1. The number of benzene rings is 2. The van der Waals surface area contributed by atoms with Gasteiger partial charge in [0, 0.05) is 11.8 Å². The standard InChI is InChI=1S/C29H36O6/c1-30-22-16-10-14-18-20(26(32-3)28(34-5)24(18)22)12-8-7-9-13-21-19-15-11-17-23(31-2)25(19)29(35-6)27(21)33-4/h10-11,14-17,20-21H,7-9,12-13H2,1-6H3. The fraction of sp³-hybridized carbons (Fsp3) is 0.448. The van der Waals surface area contributed by atoms with Gasteiger partial charge in [0.25, 0.3) is 0 Å². The molecular formula is C29H36O6. The van der Waals surface area contributed by atoms with Gasteiger partial charge in [-0.3, -0.25) is 0 Å². The smallest absolute Gasteiger partial charge is 0.168 e. The van der Waals surface area contributed by atoms with Gasteiger partial charge < -0.3 is 28.4 Å². The van der Waals surface area contributed by atoms with Crippen molar-refractivity contribution in [3.63, 3.8) is 0 Å². The van der Waals surface area contributed by atoms with E-state index in [4.69, 9.17) is 28.4 Å². The van der Waals surface area contributed by atoms with Crippen molar-refractivity contribution in [2.45, 2.75) is 43.9 Å². The molecule has 2 aliphatic carbocycles. The van der Waals surface area contributed by atoms with E-state index in [9.17, 15) is 0 Å². The molecule has 0 aliphatic heterocycles. The molecule has 2 atom stereocenters. The maximum absolute atomic E-state index is 5.81. The van der Waals surface area contributed by atoms with Gasteiger partial charge in [-0.15, -0.1) is 0 Å². The Bertz CT molecular complexity index is 1030. The Kier molecular flexibility index (Phi) is 7.79. The molecule has 0 fully saturated rings. The van der Waals surface area contributed by atoms with Crippen molar-refractivity contribution in [2.75, 3.05) is 42.7 Å². The van der Waals surface area contributed by atoms with Crippen LogP contribution in [0.1, 0.15) is 66.2 Å². The van der Waals surface area contributed by atoms with Gasteiger partial charge in [-0.2, -0.15) is 0 Å². The summed E-state index contributed by atoms with van der Waals surface area (Å²) in [4.78, 5) is 0. The lowest BCUT2D eigenvalue weighted by Crippen LogP contribution is -2.03. The molecule has 4 rings (SSSR count). The summed E-state index contributed by atoms with van der Waals surface area (Å²) in [6.07, 6.45) is 5.23. The molecule has 188 valence electrons. The zero-order valence-corrected chi connectivity index (χ0v) is 21.6. The van der Waals surface area contributed by atoms with Crippen LogP contribution >= 0.6 is 0 Å². The Morgan fingerprint density at radius 2 is 0.943 bits per heavy atom. The van der Waals surface area contributed by atoms with Crippen LogP contribution in [-0.4, -0.2) is 42.7 Å². The highest BCUT2D eigenvalue weighted by Gasteiger charge is 2.37. The molecule has 0 heterocycles. The third-order valence-electron chi connectivity index (χ3n) is 7.18. The topological polar surface area (TPSA) is 55.4 Å². The zero-order chi connectivity index (χ0) is 24.9. The molecule has 0 N–H and O–H groups in total. The van der Waals surface area contributed by atoms with Crippen molar-refractivity contribution in [3.05, 3.63) is 70.2 Å². The van der Waals surface area contributed by atoms with Crippen LogP contribution in [0.2, 0.25) is 0 Å². The molecule has 2 aliphatic rings. The molecular weight excluding hydrogens is 444 g/mol. The number of allylic oxidation sites excluding steroid dienone is 2. The molecule has 2 unspecified atom stereocenters. The number of ether oxygens (including phenoxy) is 6. The summed E-state index contributed by atoms with van der Waals surface area (Å²) in [5.41, 5.74) is 4.45. The molecule has 0 saturated heterocycles. The fourth-order valence-electron chi connectivity index (χ4n) is 5.67. The van der Waals surface area contributed by atoms with E-state index in [-0.39, 0.29) is 11.8 Å². The van der Waals surface area contributed by atoms with E-state index in [1.54, 1.807) is 42.7 Å². The van der Waals surface area contributed by atoms with E-state index in [1.165, 1.54) is 11.1 Å². The lowest BCUT2D eigenvalue weighted by atomic mass is 9.91. The predicted octanol–water partition coefficient (Wildman–Crippen LogP) is 6.47. The minimum Gasteiger partial charge on any atom is -0.497 e. The molecule has 2 aromatic rings. The van der Waals surface area contributed by atoms with Gasteiger partial charge in [-0.1, -0.05) is 43.5 Å². The first kappa shape index (κ1) is 24.8. The lowest BCUT2D eigenvalue weighted by molar-refractivity contribution is 0.242. The monoisotopic (exact) mass is 480 g/mol. The van der Waals surface area contributed by atoms with Gasteiger partial charge in [-0.25, -0.2) is 0 Å². The molecule has 0 spiro atoms. The normalized spacial score (nSPS) is 18.3. The fourth-order valence-corrected chi connectivity index (χ4v) is 5.67. The van der Waals surface area contributed by atoms with Crippen molar-refractivity contribution in [1.29, 1.82) is 0 Å². The quantitative estimate of drug-likeness (QED) is 0.325. The Morgan fingerprint density at radius 3 is 1.29 bits per heavy atom. The van der Waals surface area contributed by atoms with Crippen LogP contribution in [0.4, 0.5) is 0 Å². The van der Waals surface area contributed by atoms with Gasteiger partial charge in [0.2, 0.25) is 0 Å². The van der Waals surface area contributed by atoms with Crippen LogP contribution < -0.4 is 9.47 Å². The lowest BCUT2D eigenvalue weighted by Gasteiger charge is -2.17. The second kappa shape index (κ2) is 11.0. The number of hydrogen-bond donors (Lipinski definition) is 0. The Balaban J connectivity index is 1.44. The summed E-state index contributed by atoms with van der Waals surface area (Å²) in [6, 6.07) is 12.3. The van der Waals surface area contributed by atoms with Crippen LogP contribution in [0, 0.1) is 0 Å². The Labute approximate surface area is 208 Å². The largest absolute Gasteiger partial charge is 0.497 e. The number of methoxy groups -OCH3 is 6. The Hall–Kier alpha value is -3.28. The van der Waals surface area contributed by atoms with Gasteiger partial charge in [-0.05, 0) is 36.1 Å². The van der Waals surface area contributed by atoms with E-state index < -0.39 is 0 Å². The van der Waals surface area contributed by atoms with Crippen LogP contribution in [-0.2, 0) is 18.9 Å². The molecule has 0 saturated carbocycles. The van der Waals surface area contributed by atoms with Crippen molar-refractivity contribution < 1.29 is 28.4 Å². The minimum absolute atomic E-state index is 0.172. The number of fused-ring (bicyclic) bond motifs is 2. The first-order chi connectivity index (χ1) is 17.1. The SMILES string of the molecule is COC1=C(OC)C(CCCCCC2C(OC)=C(OC)c3c(OC)cccc32)c2cccc(OC)c21. The predicted molar refractivity (Wildman–Crippen MR) is 136 cm³/mol. The van der Waals surface area contributed by atoms with E-state index in [2.05, 4.69) is 12.1 Å². The van der Waals surface area contributed by atoms with E-state index in [0.717, 1.165) is 77.8 Å². The summed E-state index contributed by atoms with van der Waals surface area (Å²) < 4.78 is 34.3. The molecule has 0 amide bonds. The summed E-state index contributed by atoms with van der Waals surface area (Å²) in [5, 5.41) is 0. The van der Waals surface area contributed by atoms with Gasteiger partial charge in [0.15, 0.2) is 11.5 Å². The second-order valence-electron chi connectivity index (χ2n) is 8.80. The van der Waals surface area contributed by atoms with Crippen LogP contribution in [0.5, 0.6) is 11.5 Å². The summed E-state index contributed by atoms with van der Waals surface area (Å²) in [5.74, 6) is 5.32. The van der Waals surface area contributed by atoms with Crippen molar-refractivity contribution >= 4 is 11.5 Å². The number of hydrogen-bond acceptors (Lipinski definition) is 6. The average molecular weight is 481 g/mol. The van der Waals surface area contributed by atoms with E-state index in [1.807, 2.05) is 24.3 Å². The number of rotatable bonds is 12. The highest BCUT2D eigenvalue weighted by atomic mass is 16.5. The molecule has 35 heavy (non-hydrogen) atoms. The molecule has 0 bridgehead atoms. The highest BCUT2D eigenvalue weighted by Crippen LogP contribution is 2.50. The molecule has 6 nitrogen and oxygen atoms in total. The Morgan fingerprint density at radius 1 is 0.514 bits per heavy atom. The summed E-state index contributed by atoms with van der Waals surface area (Å²) >= 11 is 0. The molecule has 0 radical (unpaired) electrons.